The molecule has 0 aliphatic carbocycles. The van der Waals surface area contributed by atoms with Crippen LogP contribution in [0.3, 0.4) is 0 Å². The number of carbonyl (C=O) groups excluding carboxylic acids is 1. The van der Waals surface area contributed by atoms with Crippen LogP contribution in [0.5, 0.6) is 0 Å². The molecule has 1 amide bonds. The van der Waals surface area contributed by atoms with E-state index in [1.165, 1.54) is 12.1 Å². The minimum Gasteiger partial charge on any atom is -0.370 e. The van der Waals surface area contributed by atoms with E-state index < -0.39 is 5.91 Å². The van der Waals surface area contributed by atoms with Crippen molar-refractivity contribution >= 4 is 29.2 Å². The molecular weight excluding hydrogens is 241 g/mol. The number of hydrogen-bond donors (Lipinski definition) is 2. The molecule has 0 spiro atoms. The van der Waals surface area contributed by atoms with Crippen molar-refractivity contribution < 1.29 is 9.18 Å². The van der Waals surface area contributed by atoms with Crippen molar-refractivity contribution in [3.8, 4) is 0 Å². The standard InChI is InChI=1S/C11H12FN3OS/c1-6(4-10(13)16)15-9-3-2-7(12)5-8(9)14-11(15)17/h2-3,5-6H,4H2,1H3,(H2,13,16)(H,14,17). The molecule has 3 N–H and O–H groups in total. The van der Waals surface area contributed by atoms with Crippen molar-refractivity contribution in [1.82, 2.24) is 9.55 Å². The van der Waals surface area contributed by atoms with E-state index in [-0.39, 0.29) is 18.3 Å². The van der Waals surface area contributed by atoms with Gasteiger partial charge < -0.3 is 15.3 Å². The molecule has 0 fully saturated rings. The number of hydrogen-bond acceptors (Lipinski definition) is 2. The first-order valence-corrected chi connectivity index (χ1v) is 5.58. The molecule has 1 atom stereocenters. The second kappa shape index (κ2) is 4.29. The highest BCUT2D eigenvalue weighted by atomic mass is 32.1. The Balaban J connectivity index is 2.57. The Morgan fingerprint density at radius 2 is 2.35 bits per heavy atom. The van der Waals surface area contributed by atoms with E-state index in [2.05, 4.69) is 4.98 Å². The fourth-order valence-electron chi connectivity index (χ4n) is 1.92. The molecule has 0 saturated carbocycles. The SMILES string of the molecule is CC(CC(N)=O)n1c(=S)[nH]c2cc(F)ccc21. The third kappa shape index (κ3) is 2.21. The van der Waals surface area contributed by atoms with E-state index in [4.69, 9.17) is 18.0 Å². The largest absolute Gasteiger partial charge is 0.370 e. The molecule has 0 aliphatic heterocycles. The minimum absolute atomic E-state index is 0.154. The molecule has 1 unspecified atom stereocenters. The van der Waals surface area contributed by atoms with Gasteiger partial charge in [-0.2, -0.15) is 0 Å². The highest BCUT2D eigenvalue weighted by molar-refractivity contribution is 7.71. The first kappa shape index (κ1) is 11.8. The Morgan fingerprint density at radius 3 is 3.00 bits per heavy atom. The van der Waals surface area contributed by atoms with Crippen LogP contribution in [0, 0.1) is 10.6 Å². The zero-order chi connectivity index (χ0) is 12.6. The average molecular weight is 253 g/mol. The maximum atomic E-state index is 13.1. The number of nitrogens with one attached hydrogen (secondary N) is 1. The van der Waals surface area contributed by atoms with Gasteiger partial charge in [-0.25, -0.2) is 4.39 Å². The van der Waals surface area contributed by atoms with Crippen LogP contribution in [0.4, 0.5) is 4.39 Å². The Bertz CT molecular complexity index is 631. The van der Waals surface area contributed by atoms with Gasteiger partial charge in [-0.3, -0.25) is 4.79 Å². The van der Waals surface area contributed by atoms with Crippen molar-refractivity contribution in [1.29, 1.82) is 0 Å². The summed E-state index contributed by atoms with van der Waals surface area (Å²) in [6.07, 6.45) is 0.193. The van der Waals surface area contributed by atoms with Crippen LogP contribution < -0.4 is 5.73 Å². The smallest absolute Gasteiger partial charge is 0.219 e. The van der Waals surface area contributed by atoms with Crippen LogP contribution in [-0.4, -0.2) is 15.5 Å². The summed E-state index contributed by atoms with van der Waals surface area (Å²) in [5.74, 6) is -0.723. The van der Waals surface area contributed by atoms with Crippen LogP contribution in [0.25, 0.3) is 11.0 Å². The third-order valence-corrected chi connectivity index (χ3v) is 2.91. The van der Waals surface area contributed by atoms with Gasteiger partial charge in [-0.1, -0.05) is 0 Å². The van der Waals surface area contributed by atoms with E-state index in [9.17, 15) is 9.18 Å². The van der Waals surface area contributed by atoms with Crippen LogP contribution in [-0.2, 0) is 4.79 Å². The molecule has 17 heavy (non-hydrogen) atoms. The van der Waals surface area contributed by atoms with Gasteiger partial charge in [-0.05, 0) is 37.3 Å². The monoisotopic (exact) mass is 253 g/mol. The number of carbonyl (C=O) groups is 1. The lowest BCUT2D eigenvalue weighted by Gasteiger charge is -2.12. The van der Waals surface area contributed by atoms with E-state index in [1.807, 2.05) is 6.92 Å². The molecule has 6 heteroatoms. The Morgan fingerprint density at radius 1 is 1.65 bits per heavy atom. The number of fused-ring (bicyclic) bond motifs is 1. The lowest BCUT2D eigenvalue weighted by atomic mass is 10.2. The normalized spacial score (nSPS) is 12.8. The molecule has 4 nitrogen and oxygen atoms in total. The van der Waals surface area contributed by atoms with Gasteiger partial charge in [0, 0.05) is 12.5 Å². The van der Waals surface area contributed by atoms with Crippen molar-refractivity contribution in [3.05, 3.63) is 28.8 Å². The van der Waals surface area contributed by atoms with Gasteiger partial charge in [-0.15, -0.1) is 0 Å². The van der Waals surface area contributed by atoms with Gasteiger partial charge in [0.2, 0.25) is 5.91 Å². The van der Waals surface area contributed by atoms with Gasteiger partial charge in [0.15, 0.2) is 4.77 Å². The number of benzene rings is 1. The summed E-state index contributed by atoms with van der Waals surface area (Å²) in [6, 6.07) is 4.21. The third-order valence-electron chi connectivity index (χ3n) is 2.62. The summed E-state index contributed by atoms with van der Waals surface area (Å²) in [5, 5.41) is 0. The summed E-state index contributed by atoms with van der Waals surface area (Å²) >= 11 is 5.16. The van der Waals surface area contributed by atoms with Crippen LogP contribution in [0.15, 0.2) is 18.2 Å². The fourth-order valence-corrected chi connectivity index (χ4v) is 2.31. The quantitative estimate of drug-likeness (QED) is 0.824. The molecule has 1 heterocycles. The van der Waals surface area contributed by atoms with Crippen LogP contribution >= 0.6 is 12.2 Å². The summed E-state index contributed by atoms with van der Waals surface area (Å²) in [7, 11) is 0. The molecule has 1 aromatic heterocycles. The van der Waals surface area contributed by atoms with E-state index in [0.29, 0.717) is 10.3 Å². The Labute approximate surface area is 102 Å². The second-order valence-corrected chi connectivity index (χ2v) is 4.37. The Hall–Kier alpha value is -1.69. The number of halogens is 1. The average Bonchev–Trinajstić information content (AvgIpc) is 2.51. The molecule has 2 rings (SSSR count). The molecule has 0 saturated heterocycles. The van der Waals surface area contributed by atoms with Crippen molar-refractivity contribution in [2.24, 2.45) is 5.73 Å². The summed E-state index contributed by atoms with van der Waals surface area (Å²) in [4.78, 5) is 13.8. The first-order valence-electron chi connectivity index (χ1n) is 5.17. The number of aromatic nitrogens is 2. The number of nitrogens with two attached hydrogens (primary N) is 1. The van der Waals surface area contributed by atoms with E-state index in [0.717, 1.165) is 5.52 Å². The summed E-state index contributed by atoms with van der Waals surface area (Å²) in [5.41, 5.74) is 6.55. The lowest BCUT2D eigenvalue weighted by molar-refractivity contribution is -0.118. The van der Waals surface area contributed by atoms with E-state index >= 15 is 0 Å². The van der Waals surface area contributed by atoms with Crippen LogP contribution in [0.1, 0.15) is 19.4 Å². The fraction of sp³-hybridized carbons (Fsp3) is 0.273. The number of imidazole rings is 1. The molecule has 90 valence electrons. The summed E-state index contributed by atoms with van der Waals surface area (Å²) < 4.78 is 15.3. The minimum atomic E-state index is -0.393. The maximum Gasteiger partial charge on any atom is 0.219 e. The number of nitrogens with zero attached hydrogens (tertiary/aromatic N) is 1. The topological polar surface area (TPSA) is 63.8 Å². The second-order valence-electron chi connectivity index (χ2n) is 3.98. The van der Waals surface area contributed by atoms with Crippen molar-refractivity contribution in [2.75, 3.05) is 0 Å². The van der Waals surface area contributed by atoms with E-state index in [1.54, 1.807) is 10.6 Å². The molecule has 0 bridgehead atoms. The van der Waals surface area contributed by atoms with Crippen molar-refractivity contribution in [2.45, 2.75) is 19.4 Å². The highest BCUT2D eigenvalue weighted by Crippen LogP contribution is 2.21. The zero-order valence-electron chi connectivity index (χ0n) is 9.24. The predicted octanol–water partition coefficient (Wildman–Crippen LogP) is 2.27. The summed E-state index contributed by atoms with van der Waals surface area (Å²) in [6.45, 7) is 1.84. The molecule has 2 aromatic rings. The molecular formula is C11H12FN3OS. The number of H-pyrrole nitrogens is 1. The number of rotatable bonds is 3. The Kier molecular flexibility index (Phi) is 2.97. The van der Waals surface area contributed by atoms with Gasteiger partial charge in [0.25, 0.3) is 0 Å². The van der Waals surface area contributed by atoms with Crippen molar-refractivity contribution in [3.63, 3.8) is 0 Å². The zero-order valence-corrected chi connectivity index (χ0v) is 10.1. The van der Waals surface area contributed by atoms with Gasteiger partial charge in [0.1, 0.15) is 5.82 Å². The molecule has 0 radical (unpaired) electrons. The highest BCUT2D eigenvalue weighted by Gasteiger charge is 2.13. The number of amides is 1. The van der Waals surface area contributed by atoms with Gasteiger partial charge in [0.05, 0.1) is 11.0 Å². The molecule has 0 aliphatic rings. The first-order chi connectivity index (χ1) is 7.99. The number of primary amides is 1. The van der Waals surface area contributed by atoms with Gasteiger partial charge >= 0.3 is 0 Å². The number of aromatic amines is 1. The van der Waals surface area contributed by atoms with Crippen LogP contribution in [0.2, 0.25) is 0 Å². The lowest BCUT2D eigenvalue weighted by Crippen LogP contribution is -2.17. The maximum absolute atomic E-state index is 13.1. The molecule has 1 aromatic carbocycles. The predicted molar refractivity (Wildman–Crippen MR) is 65.6 cm³/mol.